The largest absolute Gasteiger partial charge is 0.331 e. The van der Waals surface area contributed by atoms with Gasteiger partial charge in [-0.2, -0.15) is 0 Å². The molecule has 1 nitrogen and oxygen atoms in total. The highest BCUT2D eigenvalue weighted by Gasteiger charge is 1.89. The van der Waals surface area contributed by atoms with E-state index in [0.717, 1.165) is 6.54 Å². The predicted octanol–water partition coefficient (Wildman–Crippen LogP) is 3.50. The Bertz CT molecular complexity index is 87.0. The average molecular weight is 171 g/mol. The van der Waals surface area contributed by atoms with Crippen LogP contribution < -0.4 is 5.73 Å². The molecule has 0 radical (unpaired) electrons. The Morgan fingerprint density at radius 1 is 1.08 bits per heavy atom. The van der Waals surface area contributed by atoms with Crippen LogP contribution in [0.25, 0.3) is 0 Å². The summed E-state index contributed by atoms with van der Waals surface area (Å²) in [5, 5.41) is 0. The van der Waals surface area contributed by atoms with Crippen molar-refractivity contribution in [1.82, 2.24) is 0 Å². The van der Waals surface area contributed by atoms with E-state index < -0.39 is 0 Å². The smallest absolute Gasteiger partial charge is 0.0106 e. The van der Waals surface area contributed by atoms with Crippen LogP contribution in [-0.4, -0.2) is 6.54 Å². The van der Waals surface area contributed by atoms with E-state index in [4.69, 9.17) is 5.73 Å². The van der Waals surface area contributed by atoms with Crippen molar-refractivity contribution >= 4 is 0 Å². The topological polar surface area (TPSA) is 26.0 Å². The van der Waals surface area contributed by atoms with Gasteiger partial charge in [0.05, 0.1) is 0 Å². The molecule has 0 aliphatic heterocycles. The molecule has 74 valence electrons. The van der Waals surface area contributed by atoms with Crippen LogP contribution in [0.3, 0.4) is 0 Å². The summed E-state index contributed by atoms with van der Waals surface area (Å²) in [6.07, 6.45) is 6.33. The first-order valence-corrected chi connectivity index (χ1v) is 5.09. The molecule has 0 heterocycles. The molecule has 2 N–H and O–H groups in total. The Labute approximate surface area is 78.0 Å². The molecule has 0 saturated heterocycles. The molecular formula is C11H25N. The van der Waals surface area contributed by atoms with Crippen molar-refractivity contribution in [2.24, 2.45) is 5.73 Å². The van der Waals surface area contributed by atoms with E-state index >= 15 is 0 Å². The van der Waals surface area contributed by atoms with Gasteiger partial charge in [-0.3, -0.25) is 0 Å². The molecule has 1 heteroatoms. The number of hydrogen-bond acceptors (Lipinski definition) is 1. The van der Waals surface area contributed by atoms with Crippen molar-refractivity contribution in [2.45, 2.75) is 52.9 Å². The fourth-order valence-electron chi connectivity index (χ4n) is 0.905. The average Bonchev–Trinajstić information content (AvgIpc) is 2.03. The number of unbranched alkanes of at least 4 members (excludes halogenated alkanes) is 1. The van der Waals surface area contributed by atoms with Gasteiger partial charge in [-0.05, 0) is 25.8 Å². The van der Waals surface area contributed by atoms with Gasteiger partial charge in [-0.1, -0.05) is 45.8 Å². The van der Waals surface area contributed by atoms with E-state index in [1.165, 1.54) is 37.7 Å². The van der Waals surface area contributed by atoms with E-state index in [1.54, 1.807) is 0 Å². The van der Waals surface area contributed by atoms with Crippen molar-refractivity contribution in [2.75, 3.05) is 6.54 Å². The van der Waals surface area contributed by atoms with Crippen molar-refractivity contribution < 1.29 is 0 Å². The molecule has 0 aromatic carbocycles. The fraction of sp³-hybridized carbons (Fsp3) is 0.818. The predicted molar refractivity (Wildman–Crippen MR) is 58.3 cm³/mol. The van der Waals surface area contributed by atoms with Crippen molar-refractivity contribution in [3.05, 3.63) is 12.2 Å². The molecule has 0 saturated carbocycles. The van der Waals surface area contributed by atoms with Gasteiger partial charge in [0.15, 0.2) is 0 Å². The Morgan fingerprint density at radius 3 is 1.92 bits per heavy atom. The second-order valence-electron chi connectivity index (χ2n) is 3.01. The van der Waals surface area contributed by atoms with E-state index in [2.05, 4.69) is 20.4 Å². The minimum absolute atomic E-state index is 0.750. The van der Waals surface area contributed by atoms with Crippen LogP contribution in [0.4, 0.5) is 0 Å². The van der Waals surface area contributed by atoms with Crippen LogP contribution in [0, 0.1) is 0 Å². The third-order valence-corrected chi connectivity index (χ3v) is 1.49. The van der Waals surface area contributed by atoms with Gasteiger partial charge < -0.3 is 5.73 Å². The van der Waals surface area contributed by atoms with Gasteiger partial charge in [-0.25, -0.2) is 0 Å². The molecule has 0 aromatic heterocycles. The van der Waals surface area contributed by atoms with Gasteiger partial charge in [0, 0.05) is 0 Å². The maximum Gasteiger partial charge on any atom is -0.0106 e. The van der Waals surface area contributed by atoms with E-state index in [1.807, 2.05) is 6.92 Å². The molecule has 0 bridgehead atoms. The standard InChI is InChI=1S/C9H18.C2H7N/c1-4-6-8-9(3)7-5-2;1-2-3/h3-8H2,1-2H3;2-3H2,1H3. The minimum Gasteiger partial charge on any atom is -0.331 e. The quantitative estimate of drug-likeness (QED) is 0.629. The second kappa shape index (κ2) is 13.3. The van der Waals surface area contributed by atoms with Crippen LogP contribution >= 0.6 is 0 Å². The molecule has 0 aliphatic rings. The Balaban J connectivity index is 0. The van der Waals surface area contributed by atoms with Crippen LogP contribution in [-0.2, 0) is 0 Å². The van der Waals surface area contributed by atoms with E-state index in [-0.39, 0.29) is 0 Å². The first kappa shape index (κ1) is 14.2. The summed E-state index contributed by atoms with van der Waals surface area (Å²) in [6, 6.07) is 0. The molecule has 0 spiro atoms. The summed E-state index contributed by atoms with van der Waals surface area (Å²) < 4.78 is 0. The Hall–Kier alpha value is -0.300. The number of allylic oxidation sites excluding steroid dienone is 1. The molecule has 0 rings (SSSR count). The number of nitrogens with two attached hydrogens (primary N) is 1. The molecular weight excluding hydrogens is 146 g/mol. The zero-order valence-corrected chi connectivity index (χ0v) is 9.03. The molecule has 0 atom stereocenters. The molecule has 0 aliphatic carbocycles. The molecule has 0 aromatic rings. The summed E-state index contributed by atoms with van der Waals surface area (Å²) in [7, 11) is 0. The summed E-state index contributed by atoms with van der Waals surface area (Å²) >= 11 is 0. The van der Waals surface area contributed by atoms with E-state index in [9.17, 15) is 0 Å². The summed E-state index contributed by atoms with van der Waals surface area (Å²) in [4.78, 5) is 0. The number of rotatable bonds is 5. The first-order chi connectivity index (χ1) is 5.72. The van der Waals surface area contributed by atoms with Crippen LogP contribution in [0.15, 0.2) is 12.2 Å². The third kappa shape index (κ3) is 16.4. The molecule has 0 amide bonds. The van der Waals surface area contributed by atoms with Crippen LogP contribution in [0.1, 0.15) is 52.9 Å². The van der Waals surface area contributed by atoms with E-state index in [0.29, 0.717) is 0 Å². The zero-order chi connectivity index (χ0) is 9.82. The third-order valence-electron chi connectivity index (χ3n) is 1.49. The summed E-state index contributed by atoms with van der Waals surface area (Å²) in [5.41, 5.74) is 6.28. The Kier molecular flexibility index (Phi) is 15.8. The molecule has 0 unspecified atom stereocenters. The lowest BCUT2D eigenvalue weighted by molar-refractivity contribution is 0.746. The van der Waals surface area contributed by atoms with Gasteiger partial charge >= 0.3 is 0 Å². The lowest BCUT2D eigenvalue weighted by atomic mass is 10.1. The highest BCUT2D eigenvalue weighted by molar-refractivity contribution is 4.92. The van der Waals surface area contributed by atoms with Gasteiger partial charge in [0.2, 0.25) is 0 Å². The van der Waals surface area contributed by atoms with Crippen LogP contribution in [0.5, 0.6) is 0 Å². The van der Waals surface area contributed by atoms with Gasteiger partial charge in [0.25, 0.3) is 0 Å². The van der Waals surface area contributed by atoms with Gasteiger partial charge in [0.1, 0.15) is 0 Å². The minimum atomic E-state index is 0.750. The highest BCUT2D eigenvalue weighted by atomic mass is 14.5. The zero-order valence-electron chi connectivity index (χ0n) is 9.03. The lowest BCUT2D eigenvalue weighted by Gasteiger charge is -2.00. The first-order valence-electron chi connectivity index (χ1n) is 5.09. The summed E-state index contributed by atoms with van der Waals surface area (Å²) in [6.45, 7) is 11.1. The fourth-order valence-corrected chi connectivity index (χ4v) is 0.905. The van der Waals surface area contributed by atoms with Crippen molar-refractivity contribution in [3.63, 3.8) is 0 Å². The second-order valence-corrected chi connectivity index (χ2v) is 3.01. The van der Waals surface area contributed by atoms with Crippen molar-refractivity contribution in [1.29, 1.82) is 0 Å². The summed E-state index contributed by atoms with van der Waals surface area (Å²) in [5.74, 6) is 0. The van der Waals surface area contributed by atoms with Crippen LogP contribution in [0.2, 0.25) is 0 Å². The molecule has 12 heavy (non-hydrogen) atoms. The van der Waals surface area contributed by atoms with Gasteiger partial charge in [-0.15, -0.1) is 0 Å². The maximum atomic E-state index is 4.85. The lowest BCUT2D eigenvalue weighted by Crippen LogP contribution is -1.87. The monoisotopic (exact) mass is 171 g/mol. The number of hydrogen-bond donors (Lipinski definition) is 1. The molecule has 0 fully saturated rings. The highest BCUT2D eigenvalue weighted by Crippen LogP contribution is 2.09. The van der Waals surface area contributed by atoms with Crippen molar-refractivity contribution in [3.8, 4) is 0 Å². The normalized spacial score (nSPS) is 8.67. The maximum absolute atomic E-state index is 4.85. The SMILES string of the molecule is C=C(CCC)CCCC.CCN. The Morgan fingerprint density at radius 2 is 1.58 bits per heavy atom.